The minimum absolute atomic E-state index is 0.600. The summed E-state index contributed by atoms with van der Waals surface area (Å²) in [5.41, 5.74) is 0. The van der Waals surface area contributed by atoms with Gasteiger partial charge in [-0.05, 0) is 32.9 Å². The van der Waals surface area contributed by atoms with E-state index in [4.69, 9.17) is 0 Å². The van der Waals surface area contributed by atoms with Crippen molar-refractivity contribution in [3.8, 4) is 0 Å². The Bertz CT molecular complexity index is 296. The maximum absolute atomic E-state index is 4.24. The lowest BCUT2D eigenvalue weighted by Crippen LogP contribution is -2.40. The first kappa shape index (κ1) is 11.6. The van der Waals surface area contributed by atoms with E-state index in [1.807, 2.05) is 23.1 Å². The van der Waals surface area contributed by atoms with Gasteiger partial charge >= 0.3 is 0 Å². The Balaban J connectivity index is 1.86. The largest absolute Gasteiger partial charge is 0.313 e. The molecule has 1 aliphatic rings. The van der Waals surface area contributed by atoms with E-state index in [0.717, 1.165) is 26.2 Å². The molecule has 1 fully saturated rings. The molecule has 1 N–H and O–H groups in total. The first-order valence-electron chi connectivity index (χ1n) is 6.20. The van der Waals surface area contributed by atoms with Gasteiger partial charge in [-0.3, -0.25) is 9.58 Å². The Morgan fingerprint density at radius 1 is 1.38 bits per heavy atom. The minimum Gasteiger partial charge on any atom is -0.313 e. The van der Waals surface area contributed by atoms with Crippen LogP contribution in [-0.4, -0.2) is 46.4 Å². The second-order valence-corrected chi connectivity index (χ2v) is 4.76. The Morgan fingerprint density at radius 3 is 3.00 bits per heavy atom. The third-order valence-corrected chi connectivity index (χ3v) is 3.36. The summed E-state index contributed by atoms with van der Waals surface area (Å²) in [5.74, 6) is 0. The number of rotatable bonds is 3. The van der Waals surface area contributed by atoms with Crippen LogP contribution in [0.25, 0.3) is 0 Å². The highest BCUT2D eigenvalue weighted by Gasteiger charge is 2.19. The highest BCUT2D eigenvalue weighted by Crippen LogP contribution is 2.08. The quantitative estimate of drug-likeness (QED) is 0.827. The molecule has 1 saturated heterocycles. The first-order chi connectivity index (χ1) is 7.75. The van der Waals surface area contributed by atoms with Crippen molar-refractivity contribution in [1.29, 1.82) is 0 Å². The highest BCUT2D eigenvalue weighted by atomic mass is 15.3. The van der Waals surface area contributed by atoms with Crippen molar-refractivity contribution in [2.24, 2.45) is 0 Å². The van der Waals surface area contributed by atoms with Crippen LogP contribution in [0.15, 0.2) is 18.5 Å². The van der Waals surface area contributed by atoms with Crippen molar-refractivity contribution < 1.29 is 0 Å². The van der Waals surface area contributed by atoms with E-state index < -0.39 is 0 Å². The number of hydrogen-bond donors (Lipinski definition) is 1. The molecule has 16 heavy (non-hydrogen) atoms. The zero-order valence-corrected chi connectivity index (χ0v) is 10.3. The molecule has 0 aromatic carbocycles. The van der Waals surface area contributed by atoms with Crippen LogP contribution < -0.4 is 5.32 Å². The van der Waals surface area contributed by atoms with Gasteiger partial charge in [-0.15, -0.1) is 0 Å². The van der Waals surface area contributed by atoms with Gasteiger partial charge in [0.2, 0.25) is 0 Å². The summed E-state index contributed by atoms with van der Waals surface area (Å²) in [5, 5.41) is 7.78. The summed E-state index contributed by atoms with van der Waals surface area (Å²) in [7, 11) is 0. The predicted octanol–water partition coefficient (Wildman–Crippen LogP) is 0.955. The van der Waals surface area contributed by atoms with Crippen LogP contribution in [0.2, 0.25) is 0 Å². The maximum atomic E-state index is 4.24. The van der Waals surface area contributed by atoms with Gasteiger partial charge < -0.3 is 5.32 Å². The van der Waals surface area contributed by atoms with Crippen LogP contribution in [0.5, 0.6) is 0 Å². The molecular formula is C12H22N4. The van der Waals surface area contributed by atoms with E-state index in [9.17, 15) is 0 Å². The number of nitrogens with zero attached hydrogens (tertiary/aromatic N) is 3. The second kappa shape index (κ2) is 5.46. The van der Waals surface area contributed by atoms with Crippen LogP contribution in [-0.2, 0) is 6.54 Å². The topological polar surface area (TPSA) is 33.1 Å². The van der Waals surface area contributed by atoms with Gasteiger partial charge in [-0.25, -0.2) is 0 Å². The lowest BCUT2D eigenvalue weighted by atomic mass is 10.2. The number of hydrogen-bond acceptors (Lipinski definition) is 3. The molecule has 0 aliphatic carbocycles. The molecule has 2 atom stereocenters. The molecule has 1 aromatic rings. The molecule has 0 spiro atoms. The fourth-order valence-electron chi connectivity index (χ4n) is 2.29. The molecule has 2 heterocycles. The normalized spacial score (nSPS) is 27.9. The van der Waals surface area contributed by atoms with Crippen LogP contribution in [0.3, 0.4) is 0 Å². The van der Waals surface area contributed by atoms with E-state index in [0.29, 0.717) is 12.1 Å². The van der Waals surface area contributed by atoms with Crippen molar-refractivity contribution in [1.82, 2.24) is 20.0 Å². The maximum Gasteiger partial charge on any atom is 0.0536 e. The molecular weight excluding hydrogens is 200 g/mol. The zero-order valence-electron chi connectivity index (χ0n) is 10.3. The Labute approximate surface area is 97.6 Å². The third-order valence-electron chi connectivity index (χ3n) is 3.36. The van der Waals surface area contributed by atoms with Crippen molar-refractivity contribution in [3.05, 3.63) is 18.5 Å². The SMILES string of the molecule is CC1CN(CCn2cccn2)C(C)CCN1. The standard InChI is InChI=1S/C12H22N4/c1-11-10-15(12(2)4-6-13-11)8-9-16-7-3-5-14-16/h3,5,7,11-13H,4,6,8-10H2,1-2H3. The smallest absolute Gasteiger partial charge is 0.0536 e. The fraction of sp³-hybridized carbons (Fsp3) is 0.750. The number of aromatic nitrogens is 2. The van der Waals surface area contributed by atoms with E-state index in [2.05, 4.69) is 29.2 Å². The lowest BCUT2D eigenvalue weighted by molar-refractivity contribution is 0.197. The van der Waals surface area contributed by atoms with Crippen LogP contribution in [0.1, 0.15) is 20.3 Å². The zero-order chi connectivity index (χ0) is 11.4. The van der Waals surface area contributed by atoms with Gasteiger partial charge in [-0.1, -0.05) is 0 Å². The average molecular weight is 222 g/mol. The Hall–Kier alpha value is -0.870. The summed E-state index contributed by atoms with van der Waals surface area (Å²) in [6, 6.07) is 3.26. The molecule has 1 aliphatic heterocycles. The van der Waals surface area contributed by atoms with Gasteiger partial charge in [0.15, 0.2) is 0 Å². The average Bonchev–Trinajstić information content (AvgIpc) is 2.71. The van der Waals surface area contributed by atoms with Gasteiger partial charge in [0.05, 0.1) is 6.54 Å². The minimum atomic E-state index is 0.600. The van der Waals surface area contributed by atoms with Gasteiger partial charge in [0, 0.05) is 37.6 Å². The highest BCUT2D eigenvalue weighted by molar-refractivity contribution is 4.81. The molecule has 2 unspecified atom stereocenters. The lowest BCUT2D eigenvalue weighted by Gasteiger charge is -2.27. The summed E-state index contributed by atoms with van der Waals surface area (Å²) in [6.45, 7) is 8.95. The van der Waals surface area contributed by atoms with Gasteiger partial charge in [0.25, 0.3) is 0 Å². The van der Waals surface area contributed by atoms with Crippen molar-refractivity contribution >= 4 is 0 Å². The molecule has 0 radical (unpaired) electrons. The monoisotopic (exact) mass is 222 g/mol. The Kier molecular flexibility index (Phi) is 3.96. The summed E-state index contributed by atoms with van der Waals surface area (Å²) < 4.78 is 2.01. The van der Waals surface area contributed by atoms with Crippen LogP contribution >= 0.6 is 0 Å². The number of nitrogens with one attached hydrogen (secondary N) is 1. The Morgan fingerprint density at radius 2 is 2.25 bits per heavy atom. The van der Waals surface area contributed by atoms with E-state index in [-0.39, 0.29) is 0 Å². The summed E-state index contributed by atoms with van der Waals surface area (Å²) in [4.78, 5) is 2.56. The van der Waals surface area contributed by atoms with E-state index in [1.165, 1.54) is 6.42 Å². The summed E-state index contributed by atoms with van der Waals surface area (Å²) >= 11 is 0. The van der Waals surface area contributed by atoms with Crippen molar-refractivity contribution in [2.75, 3.05) is 19.6 Å². The van der Waals surface area contributed by atoms with E-state index >= 15 is 0 Å². The second-order valence-electron chi connectivity index (χ2n) is 4.76. The first-order valence-corrected chi connectivity index (χ1v) is 6.20. The molecule has 4 heteroatoms. The van der Waals surface area contributed by atoms with Gasteiger partial charge in [-0.2, -0.15) is 5.10 Å². The molecule has 90 valence electrons. The van der Waals surface area contributed by atoms with E-state index in [1.54, 1.807) is 0 Å². The predicted molar refractivity (Wildman–Crippen MR) is 65.3 cm³/mol. The van der Waals surface area contributed by atoms with Gasteiger partial charge in [0.1, 0.15) is 0 Å². The molecule has 4 nitrogen and oxygen atoms in total. The van der Waals surface area contributed by atoms with Crippen molar-refractivity contribution in [2.45, 2.75) is 38.9 Å². The molecule has 0 bridgehead atoms. The third kappa shape index (κ3) is 3.06. The van der Waals surface area contributed by atoms with Crippen LogP contribution in [0.4, 0.5) is 0 Å². The molecule has 0 amide bonds. The molecule has 1 aromatic heterocycles. The molecule has 0 saturated carbocycles. The fourth-order valence-corrected chi connectivity index (χ4v) is 2.29. The molecule has 2 rings (SSSR count). The summed E-state index contributed by atoms with van der Waals surface area (Å²) in [6.07, 6.45) is 5.11. The van der Waals surface area contributed by atoms with Crippen LogP contribution in [0, 0.1) is 0 Å². The van der Waals surface area contributed by atoms with Crippen molar-refractivity contribution in [3.63, 3.8) is 0 Å².